The van der Waals surface area contributed by atoms with Crippen LogP contribution >= 0.6 is 0 Å². The minimum atomic E-state index is -0.963. The summed E-state index contributed by atoms with van der Waals surface area (Å²) in [6, 6.07) is 8.18. The Hall–Kier alpha value is -2.76. The van der Waals surface area contributed by atoms with E-state index >= 15 is 0 Å². The van der Waals surface area contributed by atoms with Crippen molar-refractivity contribution in [1.29, 1.82) is 0 Å². The Labute approximate surface area is 124 Å². The molecule has 1 amide bonds. The van der Waals surface area contributed by atoms with Crippen LogP contribution in [0.4, 0.5) is 14.5 Å². The number of carbonyl (C=O) groups is 2. The highest BCUT2D eigenvalue weighted by atomic mass is 19.2. The Morgan fingerprint density at radius 3 is 2.68 bits per heavy atom. The molecule has 1 aliphatic rings. The van der Waals surface area contributed by atoms with E-state index in [0.717, 1.165) is 12.1 Å². The minimum absolute atomic E-state index is 0.0901. The molecule has 0 bridgehead atoms. The molecule has 0 aliphatic carbocycles. The number of ether oxygens (including phenoxy) is 1. The molecule has 0 N–H and O–H groups in total. The quantitative estimate of drug-likeness (QED) is 0.819. The highest BCUT2D eigenvalue weighted by Gasteiger charge is 2.26. The van der Waals surface area contributed by atoms with Crippen LogP contribution in [0.5, 0.6) is 5.75 Å². The average molecular weight is 303 g/mol. The van der Waals surface area contributed by atoms with Crippen LogP contribution in [0.3, 0.4) is 0 Å². The summed E-state index contributed by atoms with van der Waals surface area (Å²) in [5.41, 5.74) is 1.38. The van der Waals surface area contributed by atoms with E-state index in [-0.39, 0.29) is 19.1 Å². The predicted molar refractivity (Wildman–Crippen MR) is 74.9 cm³/mol. The van der Waals surface area contributed by atoms with Gasteiger partial charge in [0.25, 0.3) is 5.91 Å². The van der Waals surface area contributed by atoms with E-state index in [2.05, 4.69) is 0 Å². The van der Waals surface area contributed by atoms with Crippen LogP contribution in [0.2, 0.25) is 0 Å². The van der Waals surface area contributed by atoms with Crippen LogP contribution < -0.4 is 9.64 Å². The van der Waals surface area contributed by atoms with Gasteiger partial charge in [-0.05, 0) is 35.9 Å². The normalized spacial score (nSPS) is 13.5. The molecular weight excluding hydrogens is 292 g/mol. The maximum Gasteiger partial charge on any atom is 0.265 e. The van der Waals surface area contributed by atoms with Crippen molar-refractivity contribution < 1.29 is 23.1 Å². The van der Waals surface area contributed by atoms with E-state index in [4.69, 9.17) is 4.74 Å². The number of aldehydes is 1. The van der Waals surface area contributed by atoms with Crippen molar-refractivity contribution >= 4 is 17.9 Å². The maximum atomic E-state index is 13.3. The van der Waals surface area contributed by atoms with Crippen molar-refractivity contribution in [2.75, 3.05) is 11.5 Å². The largest absolute Gasteiger partial charge is 0.482 e. The van der Waals surface area contributed by atoms with Gasteiger partial charge in [-0.2, -0.15) is 0 Å². The first-order valence-corrected chi connectivity index (χ1v) is 6.55. The first kappa shape index (κ1) is 14.2. The molecule has 2 aromatic carbocycles. The summed E-state index contributed by atoms with van der Waals surface area (Å²) < 4.78 is 31.6. The number of rotatable bonds is 3. The Morgan fingerprint density at radius 1 is 1.14 bits per heavy atom. The van der Waals surface area contributed by atoms with E-state index in [1.54, 1.807) is 12.1 Å². The van der Waals surface area contributed by atoms with Gasteiger partial charge in [0, 0.05) is 5.56 Å². The number of amides is 1. The molecule has 1 aliphatic heterocycles. The fraction of sp³-hybridized carbons (Fsp3) is 0.125. The lowest BCUT2D eigenvalue weighted by Gasteiger charge is -2.29. The molecule has 0 aromatic heterocycles. The van der Waals surface area contributed by atoms with Gasteiger partial charge >= 0.3 is 0 Å². The molecule has 0 saturated carbocycles. The number of nitrogens with zero attached hydrogens (tertiary/aromatic N) is 1. The van der Waals surface area contributed by atoms with Crippen molar-refractivity contribution in [1.82, 2.24) is 0 Å². The molecule has 0 saturated heterocycles. The monoisotopic (exact) mass is 303 g/mol. The molecular formula is C16H11F2NO3. The number of halogens is 2. The standard InChI is InChI=1S/C16H11F2NO3/c17-12-3-1-10(5-13(12)18)7-19-14-4-2-11(8-20)6-15(14)22-9-16(19)21/h1-6,8H,7,9H2. The second kappa shape index (κ2) is 5.55. The first-order valence-electron chi connectivity index (χ1n) is 6.55. The van der Waals surface area contributed by atoms with Gasteiger partial charge in [0.05, 0.1) is 12.2 Å². The molecule has 112 valence electrons. The molecule has 2 aromatic rings. The van der Waals surface area contributed by atoms with E-state index < -0.39 is 11.6 Å². The van der Waals surface area contributed by atoms with Gasteiger partial charge in [-0.1, -0.05) is 6.07 Å². The molecule has 4 nitrogen and oxygen atoms in total. The average Bonchev–Trinajstić information content (AvgIpc) is 2.53. The molecule has 0 radical (unpaired) electrons. The first-order chi connectivity index (χ1) is 10.6. The fourth-order valence-corrected chi connectivity index (χ4v) is 2.29. The number of fused-ring (bicyclic) bond motifs is 1. The van der Waals surface area contributed by atoms with E-state index in [9.17, 15) is 18.4 Å². The summed E-state index contributed by atoms with van der Waals surface area (Å²) in [4.78, 5) is 24.2. The summed E-state index contributed by atoms with van der Waals surface area (Å²) in [5, 5.41) is 0. The lowest BCUT2D eigenvalue weighted by Crippen LogP contribution is -2.38. The molecule has 0 fully saturated rings. The molecule has 6 heteroatoms. The molecule has 0 spiro atoms. The summed E-state index contributed by atoms with van der Waals surface area (Å²) in [6.45, 7) is -0.0776. The minimum Gasteiger partial charge on any atom is -0.482 e. The number of benzene rings is 2. The number of hydrogen-bond donors (Lipinski definition) is 0. The summed E-state index contributed by atoms with van der Waals surface area (Å²) in [5.74, 6) is -1.79. The van der Waals surface area contributed by atoms with E-state index in [1.807, 2.05) is 0 Å². The zero-order valence-electron chi connectivity index (χ0n) is 11.4. The van der Waals surface area contributed by atoms with E-state index in [0.29, 0.717) is 28.8 Å². The predicted octanol–water partition coefficient (Wildman–Crippen LogP) is 2.70. The molecule has 0 unspecified atom stereocenters. The van der Waals surface area contributed by atoms with Gasteiger partial charge in [-0.3, -0.25) is 9.59 Å². The molecule has 1 heterocycles. The smallest absolute Gasteiger partial charge is 0.265 e. The van der Waals surface area contributed by atoms with Crippen LogP contribution in [-0.4, -0.2) is 18.8 Å². The Bertz CT molecular complexity index is 761. The Morgan fingerprint density at radius 2 is 1.95 bits per heavy atom. The van der Waals surface area contributed by atoms with Crippen molar-refractivity contribution in [2.24, 2.45) is 0 Å². The van der Waals surface area contributed by atoms with Crippen LogP contribution in [0.15, 0.2) is 36.4 Å². The lowest BCUT2D eigenvalue weighted by atomic mass is 10.1. The number of carbonyl (C=O) groups excluding carboxylic acids is 2. The summed E-state index contributed by atoms with van der Waals surface area (Å²) in [6.07, 6.45) is 0.680. The van der Waals surface area contributed by atoms with Crippen molar-refractivity contribution in [3.8, 4) is 5.75 Å². The SMILES string of the molecule is O=Cc1ccc2c(c1)OCC(=O)N2Cc1ccc(F)c(F)c1. The van der Waals surface area contributed by atoms with Crippen molar-refractivity contribution in [3.63, 3.8) is 0 Å². The zero-order chi connectivity index (χ0) is 15.7. The van der Waals surface area contributed by atoms with Crippen LogP contribution in [0, 0.1) is 11.6 Å². The Balaban J connectivity index is 1.95. The molecule has 3 rings (SSSR count). The highest BCUT2D eigenvalue weighted by molar-refractivity contribution is 5.98. The topological polar surface area (TPSA) is 46.6 Å². The fourth-order valence-electron chi connectivity index (χ4n) is 2.29. The van der Waals surface area contributed by atoms with Gasteiger partial charge in [0.1, 0.15) is 12.0 Å². The van der Waals surface area contributed by atoms with Crippen LogP contribution in [0.25, 0.3) is 0 Å². The van der Waals surface area contributed by atoms with Gasteiger partial charge in [-0.25, -0.2) is 8.78 Å². The lowest BCUT2D eigenvalue weighted by molar-refractivity contribution is -0.121. The third kappa shape index (κ3) is 2.55. The third-order valence-electron chi connectivity index (χ3n) is 3.39. The van der Waals surface area contributed by atoms with Gasteiger partial charge in [-0.15, -0.1) is 0 Å². The molecule has 0 atom stereocenters. The van der Waals surface area contributed by atoms with Crippen molar-refractivity contribution in [3.05, 3.63) is 59.2 Å². The van der Waals surface area contributed by atoms with Crippen molar-refractivity contribution in [2.45, 2.75) is 6.54 Å². The number of hydrogen-bond acceptors (Lipinski definition) is 3. The number of anilines is 1. The third-order valence-corrected chi connectivity index (χ3v) is 3.39. The van der Waals surface area contributed by atoms with E-state index in [1.165, 1.54) is 17.0 Å². The van der Waals surface area contributed by atoms with Gasteiger partial charge in [0.15, 0.2) is 18.2 Å². The van der Waals surface area contributed by atoms with Crippen LogP contribution in [-0.2, 0) is 11.3 Å². The second-order valence-corrected chi connectivity index (χ2v) is 4.86. The van der Waals surface area contributed by atoms with Crippen LogP contribution in [0.1, 0.15) is 15.9 Å². The maximum absolute atomic E-state index is 13.3. The summed E-state index contributed by atoms with van der Waals surface area (Å²) in [7, 11) is 0. The second-order valence-electron chi connectivity index (χ2n) is 4.86. The Kier molecular flexibility index (Phi) is 3.58. The zero-order valence-corrected chi connectivity index (χ0v) is 11.4. The van der Waals surface area contributed by atoms with Gasteiger partial charge < -0.3 is 9.64 Å². The summed E-state index contributed by atoms with van der Waals surface area (Å²) >= 11 is 0. The highest BCUT2D eigenvalue weighted by Crippen LogP contribution is 2.33. The molecule has 22 heavy (non-hydrogen) atoms. The van der Waals surface area contributed by atoms with Gasteiger partial charge in [0.2, 0.25) is 0 Å².